The van der Waals surface area contributed by atoms with Gasteiger partial charge in [-0.05, 0) is 55.2 Å². The number of primary amides is 3. The molecule has 0 aliphatic carbocycles. The number of nitrogens with zero attached hydrogens (tertiary/aromatic N) is 1. The molecule has 24 nitrogen and oxygen atoms in total. The predicted octanol–water partition coefficient (Wildman–Crippen LogP) is -4.14. The van der Waals surface area contributed by atoms with Crippen LogP contribution in [0.1, 0.15) is 78.2 Å². The molecule has 26 heteroatoms. The number of likely N-dealkylation sites (tertiary alicyclic amines) is 1. The van der Waals surface area contributed by atoms with Crippen LogP contribution in [-0.4, -0.2) is 148 Å². The Morgan fingerprint density at radius 3 is 1.83 bits per heavy atom. The Hall–Kier alpha value is -6.15. The van der Waals surface area contributed by atoms with Crippen LogP contribution in [0, 0.1) is 11.8 Å². The Balaban J connectivity index is 2.34. The zero-order valence-electron chi connectivity index (χ0n) is 39.2. The van der Waals surface area contributed by atoms with Gasteiger partial charge in [0, 0.05) is 30.9 Å². The lowest BCUT2D eigenvalue weighted by atomic mass is 9.96. The second kappa shape index (κ2) is 29.0. The maximum Gasteiger partial charge on any atom is 0.246 e. The van der Waals surface area contributed by atoms with Gasteiger partial charge in [-0.1, -0.05) is 46.2 Å². The molecule has 2 rings (SSSR count). The first-order valence-corrected chi connectivity index (χ1v) is 23.7. The molecule has 0 bridgehead atoms. The van der Waals surface area contributed by atoms with Crippen molar-refractivity contribution in [3.8, 4) is 5.75 Å². The summed E-state index contributed by atoms with van der Waals surface area (Å²) in [7, 11) is 0. The first kappa shape index (κ1) is 59.0. The average molecular weight is 1010 g/mol. The predicted molar refractivity (Wildman–Crippen MR) is 257 cm³/mol. The van der Waals surface area contributed by atoms with Crippen LogP contribution in [0.5, 0.6) is 5.75 Å². The summed E-state index contributed by atoms with van der Waals surface area (Å²) in [6.07, 6.45) is -0.672. The molecule has 384 valence electrons. The minimum atomic E-state index is -1.76. The first-order valence-electron chi connectivity index (χ1n) is 22.4. The topological polar surface area (TPSA) is 400 Å². The highest BCUT2D eigenvalue weighted by Crippen LogP contribution is 2.20. The van der Waals surface area contributed by atoms with Gasteiger partial charge in [-0.3, -0.25) is 52.7 Å². The number of carbonyl (C=O) groups excluding carboxylic acids is 11. The third-order valence-corrected chi connectivity index (χ3v) is 11.9. The quantitative estimate of drug-likeness (QED) is 0.0340. The summed E-state index contributed by atoms with van der Waals surface area (Å²) in [5.74, 6) is -10.5. The fraction of sp³-hybridized carbons (Fsp3) is 0.605. The highest BCUT2D eigenvalue weighted by Gasteiger charge is 2.40. The van der Waals surface area contributed by atoms with Crippen molar-refractivity contribution in [3.05, 3.63) is 29.8 Å². The highest BCUT2D eigenvalue weighted by molar-refractivity contribution is 7.80. The zero-order chi connectivity index (χ0) is 52.1. The SMILES string of the molecule is CC[C@H](C)[C@H](NC(=O)[C@@H](Cc1ccc(O)cc1)NC(=O)[C@@H](N)CS)C(=O)N[C@@H](CCC(N)=O)C(=O)N[C@@H](CC(N)=O)C(=O)N[C@@H](CS)C(=O)N1CCC[C@H]1C(=O)N[C@@H](CC(C)C)C(=O)NCC(N)=O. The largest absolute Gasteiger partial charge is 0.508 e. The van der Waals surface area contributed by atoms with Crippen LogP contribution in [0.15, 0.2) is 24.3 Å². The van der Waals surface area contributed by atoms with Crippen molar-refractivity contribution in [2.24, 2.45) is 34.8 Å². The molecule has 1 aromatic rings. The number of amides is 11. The van der Waals surface area contributed by atoms with Crippen molar-refractivity contribution < 1.29 is 57.8 Å². The lowest BCUT2D eigenvalue weighted by Crippen LogP contribution is -2.61. The molecule has 1 aliphatic heterocycles. The summed E-state index contributed by atoms with van der Waals surface area (Å²) in [6.45, 7) is 6.61. The van der Waals surface area contributed by atoms with Crippen molar-refractivity contribution >= 4 is 90.2 Å². The normalized spacial score (nSPS) is 16.8. The smallest absolute Gasteiger partial charge is 0.246 e. The second-order valence-corrected chi connectivity index (χ2v) is 17.9. The first-order chi connectivity index (χ1) is 32.4. The summed E-state index contributed by atoms with van der Waals surface area (Å²) in [4.78, 5) is 145. The summed E-state index contributed by atoms with van der Waals surface area (Å²) >= 11 is 8.28. The molecule has 0 saturated carbocycles. The minimum absolute atomic E-state index is 0.0424. The summed E-state index contributed by atoms with van der Waals surface area (Å²) in [5.41, 5.74) is 22.4. The van der Waals surface area contributed by atoms with Crippen molar-refractivity contribution in [1.82, 2.24) is 42.1 Å². The van der Waals surface area contributed by atoms with Crippen molar-refractivity contribution in [3.63, 3.8) is 0 Å². The van der Waals surface area contributed by atoms with E-state index in [-0.39, 0.29) is 49.0 Å². The number of benzene rings is 1. The van der Waals surface area contributed by atoms with E-state index in [1.54, 1.807) is 13.8 Å². The molecule has 16 N–H and O–H groups in total. The van der Waals surface area contributed by atoms with E-state index in [2.05, 4.69) is 62.5 Å². The maximum atomic E-state index is 14.0. The molecule has 1 fully saturated rings. The fourth-order valence-electron chi connectivity index (χ4n) is 7.12. The molecule has 0 unspecified atom stereocenters. The molecular formula is C43H68N12O12S2. The van der Waals surface area contributed by atoms with Gasteiger partial charge in [-0.15, -0.1) is 0 Å². The molecule has 1 aliphatic rings. The van der Waals surface area contributed by atoms with Crippen molar-refractivity contribution in [2.45, 2.75) is 127 Å². The average Bonchev–Trinajstić information content (AvgIpc) is 3.79. The zero-order valence-corrected chi connectivity index (χ0v) is 40.9. The van der Waals surface area contributed by atoms with Gasteiger partial charge in [0.2, 0.25) is 65.0 Å². The Labute approximate surface area is 411 Å². The summed E-state index contributed by atoms with van der Waals surface area (Å²) in [5, 5.41) is 27.2. The van der Waals surface area contributed by atoms with E-state index in [1.807, 2.05) is 13.8 Å². The molecule has 0 aromatic heterocycles. The van der Waals surface area contributed by atoms with Gasteiger partial charge >= 0.3 is 0 Å². The van der Waals surface area contributed by atoms with Gasteiger partial charge in [0.1, 0.15) is 48.0 Å². The summed E-state index contributed by atoms with van der Waals surface area (Å²) in [6, 6.07) is -4.84. The van der Waals surface area contributed by atoms with Gasteiger partial charge in [0.15, 0.2) is 0 Å². The van der Waals surface area contributed by atoms with Gasteiger partial charge in [-0.25, -0.2) is 0 Å². The van der Waals surface area contributed by atoms with Crippen LogP contribution in [0.25, 0.3) is 0 Å². The van der Waals surface area contributed by atoms with Crippen LogP contribution < -0.4 is 60.2 Å². The van der Waals surface area contributed by atoms with E-state index < -0.39 is 145 Å². The molecular weight excluding hydrogens is 941 g/mol. The number of nitrogens with one attached hydrogen (secondary N) is 7. The Kier molecular flexibility index (Phi) is 24.8. The molecule has 1 aromatic carbocycles. The Bertz CT molecular complexity index is 2010. The summed E-state index contributed by atoms with van der Waals surface area (Å²) < 4.78 is 0. The van der Waals surface area contributed by atoms with Gasteiger partial charge in [0.05, 0.1) is 19.0 Å². The number of carbonyl (C=O) groups is 11. The lowest BCUT2D eigenvalue weighted by molar-refractivity contribution is -0.142. The number of hydrogen-bond donors (Lipinski definition) is 14. The molecule has 1 saturated heterocycles. The fourth-order valence-corrected chi connectivity index (χ4v) is 7.54. The minimum Gasteiger partial charge on any atom is -0.508 e. The van der Waals surface area contributed by atoms with Gasteiger partial charge in [-0.2, -0.15) is 25.3 Å². The van der Waals surface area contributed by atoms with E-state index in [0.717, 1.165) is 0 Å². The molecule has 1 heterocycles. The number of aromatic hydroxyl groups is 1. The molecule has 69 heavy (non-hydrogen) atoms. The third-order valence-electron chi connectivity index (χ3n) is 11.1. The molecule has 0 spiro atoms. The van der Waals surface area contributed by atoms with Crippen molar-refractivity contribution in [2.75, 3.05) is 24.6 Å². The number of nitrogens with two attached hydrogens (primary N) is 4. The third kappa shape index (κ3) is 19.8. The number of phenolic OH excluding ortho intramolecular Hbond substituents is 1. The maximum absolute atomic E-state index is 14.0. The van der Waals surface area contributed by atoms with Crippen LogP contribution in [0.3, 0.4) is 0 Å². The van der Waals surface area contributed by atoms with E-state index in [4.69, 9.17) is 22.9 Å². The molecule has 0 radical (unpaired) electrons. The molecule has 11 amide bonds. The van der Waals surface area contributed by atoms with Crippen LogP contribution in [0.4, 0.5) is 0 Å². The number of thiol groups is 2. The second-order valence-electron chi connectivity index (χ2n) is 17.2. The Morgan fingerprint density at radius 1 is 0.696 bits per heavy atom. The van der Waals surface area contributed by atoms with Crippen LogP contribution in [0.2, 0.25) is 0 Å². The van der Waals surface area contributed by atoms with E-state index in [0.29, 0.717) is 18.4 Å². The van der Waals surface area contributed by atoms with Crippen LogP contribution >= 0.6 is 25.3 Å². The standard InChI is InChI=1S/C43H68N12O12S2/c1-5-22(4)35(54-40(64)28(50-36(60)25(44)19-68)16-23-8-10-24(56)11-9-23)42(66)49-26(12-13-32(45)57)38(62)51-29(17-33(46)58)39(63)53-30(20-69)43(67)55-14-6-7-31(55)41(65)52-27(15-21(2)3)37(61)48-18-34(47)59/h8-11,21-22,25-31,35,56,68-69H,5-7,12-20,44H2,1-4H3,(H2,45,57)(H2,46,58)(H2,47,59)(H,48,61)(H,49,66)(H,50,60)(H,51,62)(H,52,65)(H,53,63)(H,54,64)/t22-,25-,26-,27-,28+,29-,30-,31-,35-/m0/s1. The monoisotopic (exact) mass is 1010 g/mol. The van der Waals surface area contributed by atoms with Gasteiger partial charge in [0.25, 0.3) is 0 Å². The lowest BCUT2D eigenvalue weighted by Gasteiger charge is -2.30. The Morgan fingerprint density at radius 2 is 1.28 bits per heavy atom. The number of phenols is 1. The number of rotatable bonds is 29. The molecule has 9 atom stereocenters. The number of hydrogen-bond acceptors (Lipinski definition) is 15. The van der Waals surface area contributed by atoms with Crippen molar-refractivity contribution in [1.29, 1.82) is 0 Å². The van der Waals surface area contributed by atoms with Crippen LogP contribution in [-0.2, 0) is 59.2 Å². The van der Waals surface area contributed by atoms with Gasteiger partial charge < -0.3 is 70.2 Å². The van der Waals surface area contributed by atoms with E-state index in [9.17, 15) is 57.8 Å². The van der Waals surface area contributed by atoms with E-state index in [1.165, 1.54) is 29.2 Å². The highest BCUT2D eigenvalue weighted by atomic mass is 32.1. The van der Waals surface area contributed by atoms with E-state index >= 15 is 0 Å².